The summed E-state index contributed by atoms with van der Waals surface area (Å²) in [5, 5.41) is 5.92. The second-order valence-corrected chi connectivity index (χ2v) is 4.60. The first-order valence-electron chi connectivity index (χ1n) is 6.05. The number of benzene rings is 1. The van der Waals surface area contributed by atoms with Crippen molar-refractivity contribution in [3.8, 4) is 0 Å². The average molecular weight is 291 g/mol. The van der Waals surface area contributed by atoms with Crippen LogP contribution in [0.3, 0.4) is 0 Å². The number of halogens is 3. The molecule has 1 saturated heterocycles. The number of hydrogen-bond acceptors (Lipinski definition) is 2. The van der Waals surface area contributed by atoms with Crippen LogP contribution in [0.5, 0.6) is 0 Å². The van der Waals surface area contributed by atoms with Crippen molar-refractivity contribution in [1.82, 2.24) is 10.6 Å². The van der Waals surface area contributed by atoms with E-state index in [-0.39, 0.29) is 29.6 Å². The minimum absolute atomic E-state index is 0. The molecule has 0 spiro atoms. The van der Waals surface area contributed by atoms with Crippen molar-refractivity contribution in [2.24, 2.45) is 0 Å². The highest BCUT2D eigenvalue weighted by molar-refractivity contribution is 5.94. The van der Waals surface area contributed by atoms with Crippen molar-refractivity contribution in [3.63, 3.8) is 0 Å². The standard InChI is InChI=1S/C13H16F2N2O.ClH/c1-8-5-10(12(15)6-11(8)14)13(18)17-9-3-2-4-16-7-9;/h5-6,9,16H,2-4,7H2,1H3,(H,17,18);1H/t9-;/m1./s1. The fourth-order valence-electron chi connectivity index (χ4n) is 2.07. The van der Waals surface area contributed by atoms with E-state index in [4.69, 9.17) is 0 Å². The van der Waals surface area contributed by atoms with E-state index in [1.807, 2.05) is 0 Å². The van der Waals surface area contributed by atoms with Gasteiger partial charge in [0.1, 0.15) is 11.6 Å². The van der Waals surface area contributed by atoms with E-state index < -0.39 is 17.5 Å². The fourth-order valence-corrected chi connectivity index (χ4v) is 2.07. The van der Waals surface area contributed by atoms with Crippen LogP contribution >= 0.6 is 12.4 Å². The Morgan fingerprint density at radius 2 is 2.11 bits per heavy atom. The zero-order chi connectivity index (χ0) is 13.1. The quantitative estimate of drug-likeness (QED) is 0.876. The van der Waals surface area contributed by atoms with E-state index in [9.17, 15) is 13.6 Å². The molecule has 0 bridgehead atoms. The normalized spacial score (nSPS) is 18.6. The Morgan fingerprint density at radius 1 is 1.37 bits per heavy atom. The van der Waals surface area contributed by atoms with Gasteiger partial charge in [-0.05, 0) is 37.9 Å². The Hall–Kier alpha value is -1.20. The van der Waals surface area contributed by atoms with Crippen molar-refractivity contribution in [2.75, 3.05) is 13.1 Å². The number of carbonyl (C=O) groups excluding carboxylic acids is 1. The predicted octanol–water partition coefficient (Wildman–Crippen LogP) is 2.18. The highest BCUT2D eigenvalue weighted by Gasteiger charge is 2.19. The van der Waals surface area contributed by atoms with Crippen molar-refractivity contribution in [1.29, 1.82) is 0 Å². The molecule has 0 saturated carbocycles. The van der Waals surface area contributed by atoms with Gasteiger partial charge in [-0.1, -0.05) is 0 Å². The lowest BCUT2D eigenvalue weighted by Gasteiger charge is -2.23. The smallest absolute Gasteiger partial charge is 0.254 e. The summed E-state index contributed by atoms with van der Waals surface area (Å²) in [6, 6.07) is 2.01. The van der Waals surface area contributed by atoms with Gasteiger partial charge < -0.3 is 10.6 Å². The van der Waals surface area contributed by atoms with E-state index in [2.05, 4.69) is 10.6 Å². The maximum atomic E-state index is 13.5. The highest BCUT2D eigenvalue weighted by Crippen LogP contribution is 2.14. The summed E-state index contributed by atoms with van der Waals surface area (Å²) in [4.78, 5) is 11.9. The maximum absolute atomic E-state index is 13.5. The lowest BCUT2D eigenvalue weighted by molar-refractivity contribution is 0.0926. The molecule has 1 aromatic rings. The number of hydrogen-bond donors (Lipinski definition) is 2. The van der Waals surface area contributed by atoms with Gasteiger partial charge in [0.15, 0.2) is 0 Å². The minimum Gasteiger partial charge on any atom is -0.348 e. The van der Waals surface area contributed by atoms with Crippen LogP contribution in [0.15, 0.2) is 12.1 Å². The topological polar surface area (TPSA) is 41.1 Å². The molecule has 0 unspecified atom stereocenters. The molecule has 0 aliphatic carbocycles. The van der Waals surface area contributed by atoms with Crippen LogP contribution in [0.2, 0.25) is 0 Å². The average Bonchev–Trinajstić information content (AvgIpc) is 2.35. The van der Waals surface area contributed by atoms with E-state index in [1.165, 1.54) is 13.0 Å². The Labute approximate surface area is 117 Å². The molecule has 6 heteroatoms. The molecule has 1 aromatic carbocycles. The first-order valence-corrected chi connectivity index (χ1v) is 6.05. The number of piperidine rings is 1. The largest absolute Gasteiger partial charge is 0.348 e. The molecule has 1 amide bonds. The van der Waals surface area contributed by atoms with E-state index in [0.717, 1.165) is 25.5 Å². The van der Waals surface area contributed by atoms with Crippen molar-refractivity contribution in [3.05, 3.63) is 34.9 Å². The predicted molar refractivity (Wildman–Crippen MR) is 71.7 cm³/mol. The number of nitrogens with one attached hydrogen (secondary N) is 2. The van der Waals surface area contributed by atoms with Crippen LogP contribution < -0.4 is 10.6 Å². The lowest BCUT2D eigenvalue weighted by Crippen LogP contribution is -2.45. The van der Waals surface area contributed by atoms with Crippen LogP contribution in [0, 0.1) is 18.6 Å². The molecule has 1 heterocycles. The Kier molecular flexibility index (Phi) is 5.69. The third kappa shape index (κ3) is 3.88. The molecule has 106 valence electrons. The first kappa shape index (κ1) is 15.9. The molecule has 19 heavy (non-hydrogen) atoms. The van der Waals surface area contributed by atoms with E-state index in [0.29, 0.717) is 6.54 Å². The van der Waals surface area contributed by atoms with Crippen LogP contribution in [0.25, 0.3) is 0 Å². The van der Waals surface area contributed by atoms with Gasteiger partial charge in [-0.15, -0.1) is 12.4 Å². The lowest BCUT2D eigenvalue weighted by atomic mass is 10.1. The summed E-state index contributed by atoms with van der Waals surface area (Å²) in [5.74, 6) is -1.94. The zero-order valence-electron chi connectivity index (χ0n) is 10.6. The maximum Gasteiger partial charge on any atom is 0.254 e. The van der Waals surface area contributed by atoms with Gasteiger partial charge in [0, 0.05) is 18.7 Å². The molecule has 1 aliphatic rings. The van der Waals surface area contributed by atoms with Crippen LogP contribution in [-0.2, 0) is 0 Å². The van der Waals surface area contributed by atoms with Crippen molar-refractivity contribution >= 4 is 18.3 Å². The van der Waals surface area contributed by atoms with Gasteiger partial charge in [0.2, 0.25) is 0 Å². The molecule has 2 N–H and O–H groups in total. The molecule has 0 radical (unpaired) electrons. The number of rotatable bonds is 2. The molecular formula is C13H17ClF2N2O. The Balaban J connectivity index is 0.00000180. The summed E-state index contributed by atoms with van der Waals surface area (Å²) >= 11 is 0. The number of amides is 1. The second-order valence-electron chi connectivity index (χ2n) is 4.60. The molecule has 1 atom stereocenters. The Bertz CT molecular complexity index is 462. The SMILES string of the molecule is Cc1cc(C(=O)N[C@@H]2CCCNC2)c(F)cc1F.Cl. The van der Waals surface area contributed by atoms with Gasteiger partial charge in [-0.25, -0.2) is 8.78 Å². The molecule has 1 fully saturated rings. The van der Waals surface area contributed by atoms with Crippen LogP contribution in [0.4, 0.5) is 8.78 Å². The summed E-state index contributed by atoms with van der Waals surface area (Å²) in [6.07, 6.45) is 1.86. The van der Waals surface area contributed by atoms with Gasteiger partial charge in [-0.3, -0.25) is 4.79 Å². The van der Waals surface area contributed by atoms with E-state index in [1.54, 1.807) is 0 Å². The zero-order valence-corrected chi connectivity index (χ0v) is 11.4. The summed E-state index contributed by atoms with van der Waals surface area (Å²) < 4.78 is 26.6. The first-order chi connectivity index (χ1) is 8.58. The molecule has 1 aliphatic heterocycles. The van der Waals surface area contributed by atoms with Gasteiger partial charge in [0.05, 0.1) is 5.56 Å². The number of carbonyl (C=O) groups is 1. The van der Waals surface area contributed by atoms with Gasteiger partial charge in [-0.2, -0.15) is 0 Å². The van der Waals surface area contributed by atoms with Gasteiger partial charge in [0.25, 0.3) is 5.91 Å². The van der Waals surface area contributed by atoms with Crippen molar-refractivity contribution < 1.29 is 13.6 Å². The summed E-state index contributed by atoms with van der Waals surface area (Å²) in [6.45, 7) is 3.14. The third-order valence-electron chi connectivity index (χ3n) is 3.13. The second kappa shape index (κ2) is 6.82. The molecule has 2 rings (SSSR count). The third-order valence-corrected chi connectivity index (χ3v) is 3.13. The molecular weight excluding hydrogens is 274 g/mol. The number of aryl methyl sites for hydroxylation is 1. The summed E-state index contributed by atoms with van der Waals surface area (Å²) in [5.41, 5.74) is 0.169. The minimum atomic E-state index is -0.820. The van der Waals surface area contributed by atoms with Crippen LogP contribution in [-0.4, -0.2) is 25.0 Å². The Morgan fingerprint density at radius 3 is 2.74 bits per heavy atom. The monoisotopic (exact) mass is 290 g/mol. The highest BCUT2D eigenvalue weighted by atomic mass is 35.5. The fraction of sp³-hybridized carbons (Fsp3) is 0.462. The molecule has 3 nitrogen and oxygen atoms in total. The van der Waals surface area contributed by atoms with Crippen molar-refractivity contribution in [2.45, 2.75) is 25.8 Å². The summed E-state index contributed by atoms with van der Waals surface area (Å²) in [7, 11) is 0. The molecule has 0 aromatic heterocycles. The van der Waals surface area contributed by atoms with Crippen LogP contribution in [0.1, 0.15) is 28.8 Å². The van der Waals surface area contributed by atoms with E-state index >= 15 is 0 Å². The van der Waals surface area contributed by atoms with Gasteiger partial charge >= 0.3 is 0 Å².